The maximum absolute atomic E-state index is 11.0. The van der Waals surface area contributed by atoms with Crippen LogP contribution in [0.1, 0.15) is 22.3 Å². The molecule has 1 aromatic rings. The van der Waals surface area contributed by atoms with Gasteiger partial charge in [0.05, 0.1) is 23.8 Å². The number of fused-ring (bicyclic) bond motifs is 1. The van der Waals surface area contributed by atoms with Crippen LogP contribution < -0.4 is 9.47 Å². The van der Waals surface area contributed by atoms with Crippen molar-refractivity contribution in [1.29, 1.82) is 0 Å². The van der Waals surface area contributed by atoms with Crippen molar-refractivity contribution in [3.63, 3.8) is 0 Å². The summed E-state index contributed by atoms with van der Waals surface area (Å²) in [6.45, 7) is 2.72. The van der Waals surface area contributed by atoms with Crippen molar-refractivity contribution < 1.29 is 19.4 Å². The zero-order valence-electron chi connectivity index (χ0n) is 8.75. The Kier molecular flexibility index (Phi) is 2.92. The molecule has 0 radical (unpaired) electrons. The van der Waals surface area contributed by atoms with Crippen LogP contribution in [0.25, 0.3) is 0 Å². The molecule has 4 nitrogen and oxygen atoms in total. The molecule has 1 aliphatic heterocycles. The number of benzene rings is 1. The first kappa shape index (κ1) is 11.1. The Morgan fingerprint density at radius 3 is 2.62 bits per heavy atom. The molecule has 0 aromatic heterocycles. The molecule has 0 saturated heterocycles. The van der Waals surface area contributed by atoms with Crippen molar-refractivity contribution in [1.82, 2.24) is 0 Å². The molecule has 0 aliphatic carbocycles. The average Bonchev–Trinajstić information content (AvgIpc) is 2.48. The fraction of sp³-hybridized carbons (Fsp3) is 0.364. The Bertz CT molecular complexity index is 442. The second-order valence-corrected chi connectivity index (χ2v) is 3.95. The number of carboxylic acid groups (broad SMARTS) is 1. The molecular weight excluding hydrogens is 232 g/mol. The van der Waals surface area contributed by atoms with E-state index in [-0.39, 0.29) is 10.6 Å². The van der Waals surface area contributed by atoms with E-state index in [1.54, 1.807) is 6.92 Å². The van der Waals surface area contributed by atoms with E-state index < -0.39 is 5.97 Å². The van der Waals surface area contributed by atoms with Gasteiger partial charge in [-0.2, -0.15) is 0 Å². The van der Waals surface area contributed by atoms with Crippen molar-refractivity contribution >= 4 is 17.6 Å². The number of halogens is 1. The number of ether oxygens (including phenoxy) is 2. The summed E-state index contributed by atoms with van der Waals surface area (Å²) in [6.07, 6.45) is 0.757. The second-order valence-electron chi connectivity index (χ2n) is 3.54. The van der Waals surface area contributed by atoms with E-state index in [4.69, 9.17) is 26.2 Å². The molecule has 0 amide bonds. The minimum atomic E-state index is -1.02. The summed E-state index contributed by atoms with van der Waals surface area (Å²) >= 11 is 5.97. The van der Waals surface area contributed by atoms with Crippen LogP contribution in [-0.4, -0.2) is 24.3 Å². The first-order valence-corrected chi connectivity index (χ1v) is 5.31. The van der Waals surface area contributed by atoms with E-state index in [0.717, 1.165) is 6.42 Å². The fourth-order valence-corrected chi connectivity index (χ4v) is 1.89. The number of carboxylic acids is 1. The van der Waals surface area contributed by atoms with Gasteiger partial charge in [-0.3, -0.25) is 0 Å². The number of hydrogen-bond donors (Lipinski definition) is 1. The predicted molar refractivity (Wildman–Crippen MR) is 58.8 cm³/mol. The fourth-order valence-electron chi connectivity index (χ4n) is 1.64. The van der Waals surface area contributed by atoms with Crippen LogP contribution >= 0.6 is 11.6 Å². The molecule has 2 rings (SSSR count). The summed E-state index contributed by atoms with van der Waals surface area (Å²) in [5, 5.41) is 9.28. The molecule has 0 unspecified atom stereocenters. The lowest BCUT2D eigenvalue weighted by atomic mass is 10.1. The van der Waals surface area contributed by atoms with Gasteiger partial charge in [0, 0.05) is 12.0 Å². The topological polar surface area (TPSA) is 55.8 Å². The third-order valence-electron chi connectivity index (χ3n) is 2.45. The largest absolute Gasteiger partial charge is 0.489 e. The molecule has 0 bridgehead atoms. The Balaban J connectivity index is 2.61. The third kappa shape index (κ3) is 1.80. The SMILES string of the molecule is Cc1c(C(=O)O)cc(Cl)c2c1OCCCO2. The van der Waals surface area contributed by atoms with Crippen molar-refractivity contribution in [2.75, 3.05) is 13.2 Å². The molecule has 0 saturated carbocycles. The predicted octanol–water partition coefficient (Wildman–Crippen LogP) is 2.51. The summed E-state index contributed by atoms with van der Waals surface area (Å²) in [6, 6.07) is 1.40. The number of hydrogen-bond acceptors (Lipinski definition) is 3. The zero-order valence-corrected chi connectivity index (χ0v) is 9.50. The molecule has 5 heteroatoms. The van der Waals surface area contributed by atoms with Gasteiger partial charge in [-0.05, 0) is 13.0 Å². The molecule has 1 heterocycles. The van der Waals surface area contributed by atoms with E-state index in [9.17, 15) is 4.79 Å². The lowest BCUT2D eigenvalue weighted by Crippen LogP contribution is -2.04. The minimum Gasteiger partial charge on any atom is -0.489 e. The van der Waals surface area contributed by atoms with Crippen molar-refractivity contribution in [2.45, 2.75) is 13.3 Å². The molecule has 0 fully saturated rings. The zero-order chi connectivity index (χ0) is 11.7. The summed E-state index contributed by atoms with van der Waals surface area (Å²) in [7, 11) is 0. The molecule has 1 N–H and O–H groups in total. The van der Waals surface area contributed by atoms with Gasteiger partial charge in [0.25, 0.3) is 0 Å². The smallest absolute Gasteiger partial charge is 0.336 e. The highest BCUT2D eigenvalue weighted by Crippen LogP contribution is 2.41. The first-order valence-electron chi connectivity index (χ1n) is 4.93. The maximum Gasteiger partial charge on any atom is 0.336 e. The van der Waals surface area contributed by atoms with Crippen LogP contribution in [0.5, 0.6) is 11.5 Å². The van der Waals surface area contributed by atoms with Gasteiger partial charge < -0.3 is 14.6 Å². The van der Waals surface area contributed by atoms with Crippen LogP contribution in [0.15, 0.2) is 6.07 Å². The molecular formula is C11H11ClO4. The van der Waals surface area contributed by atoms with E-state index in [2.05, 4.69) is 0 Å². The van der Waals surface area contributed by atoms with Gasteiger partial charge in [0.15, 0.2) is 11.5 Å². The van der Waals surface area contributed by atoms with E-state index in [1.807, 2.05) is 0 Å². The highest BCUT2D eigenvalue weighted by Gasteiger charge is 2.22. The molecule has 0 atom stereocenters. The Labute approximate surface area is 97.7 Å². The van der Waals surface area contributed by atoms with Gasteiger partial charge in [-0.25, -0.2) is 4.79 Å². The molecule has 16 heavy (non-hydrogen) atoms. The molecule has 1 aliphatic rings. The summed E-state index contributed by atoms with van der Waals surface area (Å²) in [5.41, 5.74) is 0.697. The maximum atomic E-state index is 11.0. The summed E-state index contributed by atoms with van der Waals surface area (Å²) in [4.78, 5) is 11.0. The Hall–Kier alpha value is -1.42. The van der Waals surface area contributed by atoms with Gasteiger partial charge >= 0.3 is 5.97 Å². The van der Waals surface area contributed by atoms with Gasteiger partial charge in [-0.15, -0.1) is 0 Å². The number of rotatable bonds is 1. The van der Waals surface area contributed by atoms with Crippen molar-refractivity contribution in [2.24, 2.45) is 0 Å². The highest BCUT2D eigenvalue weighted by molar-refractivity contribution is 6.32. The van der Waals surface area contributed by atoms with Crippen LogP contribution in [0.2, 0.25) is 5.02 Å². The summed E-state index contributed by atoms with van der Waals surface area (Å²) in [5.74, 6) is -0.126. The van der Waals surface area contributed by atoms with Crippen LogP contribution in [0.4, 0.5) is 0 Å². The standard InChI is InChI=1S/C11H11ClO4/c1-6-7(11(13)14)5-8(12)10-9(6)15-3-2-4-16-10/h5H,2-4H2,1H3,(H,13,14). The van der Waals surface area contributed by atoms with Gasteiger partial charge in [0.2, 0.25) is 0 Å². The van der Waals surface area contributed by atoms with Gasteiger partial charge in [0.1, 0.15) is 0 Å². The molecule has 1 aromatic carbocycles. The monoisotopic (exact) mass is 242 g/mol. The van der Waals surface area contributed by atoms with Crippen LogP contribution in [0.3, 0.4) is 0 Å². The highest BCUT2D eigenvalue weighted by atomic mass is 35.5. The van der Waals surface area contributed by atoms with Crippen LogP contribution in [0, 0.1) is 6.92 Å². The second kappa shape index (κ2) is 4.22. The first-order chi connectivity index (χ1) is 7.61. The minimum absolute atomic E-state index is 0.147. The van der Waals surface area contributed by atoms with E-state index in [1.165, 1.54) is 6.07 Å². The lowest BCUT2D eigenvalue weighted by molar-refractivity contribution is 0.0695. The Morgan fingerprint density at radius 1 is 1.38 bits per heavy atom. The van der Waals surface area contributed by atoms with Gasteiger partial charge in [-0.1, -0.05) is 11.6 Å². The third-order valence-corrected chi connectivity index (χ3v) is 2.73. The normalized spacial score (nSPS) is 14.4. The van der Waals surface area contributed by atoms with E-state index >= 15 is 0 Å². The Morgan fingerprint density at radius 2 is 2.00 bits per heavy atom. The average molecular weight is 243 g/mol. The quantitative estimate of drug-likeness (QED) is 0.822. The number of aromatic carboxylic acids is 1. The van der Waals surface area contributed by atoms with Crippen molar-refractivity contribution in [3.8, 4) is 11.5 Å². The lowest BCUT2D eigenvalue weighted by Gasteiger charge is -2.13. The summed E-state index contributed by atoms with van der Waals surface area (Å²) < 4.78 is 10.9. The molecule has 86 valence electrons. The number of carbonyl (C=O) groups is 1. The van der Waals surface area contributed by atoms with E-state index in [0.29, 0.717) is 30.3 Å². The molecule has 0 spiro atoms. The van der Waals surface area contributed by atoms with Crippen LogP contribution in [-0.2, 0) is 0 Å². The van der Waals surface area contributed by atoms with Crippen molar-refractivity contribution in [3.05, 3.63) is 22.2 Å².